The van der Waals surface area contributed by atoms with E-state index in [0.29, 0.717) is 50.1 Å². The third-order valence-corrected chi connectivity index (χ3v) is 7.20. The molecule has 3 N–H and O–H groups in total. The molecular formula is C21H26N8O3. The molecular weight excluding hydrogens is 412 g/mol. The molecule has 1 unspecified atom stereocenters. The maximum absolute atomic E-state index is 11.3. The van der Waals surface area contributed by atoms with Crippen molar-refractivity contribution in [2.24, 2.45) is 11.8 Å². The van der Waals surface area contributed by atoms with Gasteiger partial charge in [-0.3, -0.25) is 0 Å². The van der Waals surface area contributed by atoms with E-state index in [9.17, 15) is 9.90 Å². The van der Waals surface area contributed by atoms with Gasteiger partial charge in [0.05, 0.1) is 24.9 Å². The number of amides is 1. The van der Waals surface area contributed by atoms with Gasteiger partial charge in [0.15, 0.2) is 0 Å². The summed E-state index contributed by atoms with van der Waals surface area (Å²) in [4.78, 5) is 35.8. The minimum atomic E-state index is -0.825. The van der Waals surface area contributed by atoms with Crippen LogP contribution in [0, 0.1) is 11.8 Å². The second kappa shape index (κ2) is 7.16. The zero-order valence-electron chi connectivity index (χ0n) is 17.9. The molecule has 1 amide bonds. The summed E-state index contributed by atoms with van der Waals surface area (Å²) in [7, 11) is 0. The molecule has 1 aliphatic carbocycles. The topological polar surface area (TPSA) is 134 Å². The van der Waals surface area contributed by atoms with Crippen molar-refractivity contribution in [1.29, 1.82) is 0 Å². The summed E-state index contributed by atoms with van der Waals surface area (Å²) in [6.45, 7) is 6.21. The SMILES string of the molecule is C[C@H]1COCCN1c1nc(-c2cnc(N)nc2)c2c(n1)N(C1[C@H]3CN(C(=O)O)C[C@@H]13)CC2. The maximum atomic E-state index is 11.3. The third kappa shape index (κ3) is 3.02. The lowest BCUT2D eigenvalue weighted by atomic mass is 10.1. The Morgan fingerprint density at radius 3 is 2.59 bits per heavy atom. The molecule has 4 atom stereocenters. The van der Waals surface area contributed by atoms with Crippen LogP contribution in [0.15, 0.2) is 12.4 Å². The molecule has 11 heteroatoms. The molecule has 6 rings (SSSR count). The Morgan fingerprint density at radius 1 is 1.16 bits per heavy atom. The number of aromatic nitrogens is 4. The van der Waals surface area contributed by atoms with Crippen molar-refractivity contribution in [2.45, 2.75) is 25.4 Å². The molecule has 0 radical (unpaired) electrons. The summed E-state index contributed by atoms with van der Waals surface area (Å²) in [6, 6.07) is 0.517. The summed E-state index contributed by atoms with van der Waals surface area (Å²) in [5, 5.41) is 9.30. The van der Waals surface area contributed by atoms with Crippen LogP contribution in [0.2, 0.25) is 0 Å². The van der Waals surface area contributed by atoms with E-state index >= 15 is 0 Å². The van der Waals surface area contributed by atoms with Gasteiger partial charge < -0.3 is 30.3 Å². The van der Waals surface area contributed by atoms with Gasteiger partial charge >= 0.3 is 6.09 Å². The predicted molar refractivity (Wildman–Crippen MR) is 117 cm³/mol. The van der Waals surface area contributed by atoms with Crippen LogP contribution in [0.1, 0.15) is 12.5 Å². The van der Waals surface area contributed by atoms with Crippen molar-refractivity contribution in [3.05, 3.63) is 18.0 Å². The zero-order chi connectivity index (χ0) is 22.0. The molecule has 168 valence electrons. The van der Waals surface area contributed by atoms with Crippen LogP contribution in [0.25, 0.3) is 11.3 Å². The lowest BCUT2D eigenvalue weighted by molar-refractivity contribution is 0.0981. The highest BCUT2D eigenvalue weighted by Crippen LogP contribution is 2.52. The highest BCUT2D eigenvalue weighted by molar-refractivity contribution is 5.73. The van der Waals surface area contributed by atoms with E-state index in [2.05, 4.69) is 26.7 Å². The summed E-state index contributed by atoms with van der Waals surface area (Å²) < 4.78 is 5.61. The molecule has 0 spiro atoms. The predicted octanol–water partition coefficient (Wildman–Crippen LogP) is 0.712. The number of nitrogens with two attached hydrogens (primary N) is 1. The third-order valence-electron chi connectivity index (χ3n) is 7.20. The number of anilines is 3. The molecule has 3 fully saturated rings. The number of carbonyl (C=O) groups is 1. The van der Waals surface area contributed by atoms with Crippen molar-refractivity contribution >= 4 is 23.8 Å². The number of nitrogens with zero attached hydrogens (tertiary/aromatic N) is 7. The fraction of sp³-hybridized carbons (Fsp3) is 0.571. The second-order valence-corrected chi connectivity index (χ2v) is 9.07. The average Bonchev–Trinajstić information content (AvgIpc) is 3.13. The quantitative estimate of drug-likeness (QED) is 0.706. The lowest BCUT2D eigenvalue weighted by Crippen LogP contribution is -2.44. The van der Waals surface area contributed by atoms with Crippen molar-refractivity contribution < 1.29 is 14.6 Å². The second-order valence-electron chi connectivity index (χ2n) is 9.07. The van der Waals surface area contributed by atoms with E-state index in [4.69, 9.17) is 20.4 Å². The number of piperidine rings is 1. The van der Waals surface area contributed by atoms with Gasteiger partial charge in [-0.05, 0) is 13.3 Å². The van der Waals surface area contributed by atoms with Gasteiger partial charge in [0.2, 0.25) is 11.9 Å². The standard InChI is InChI=1S/C21H26N8O3/c1-11-10-32-5-4-28(11)20-25-16(12-6-23-19(22)24-7-12)13-2-3-29(18(13)26-20)17-14-8-27(21(30)31)9-15(14)17/h6-7,11,14-15,17H,2-5,8-10H2,1H3,(H,30,31)(H2,22,23,24)/t11-,14-,15+,17?/m0/s1. The first-order valence-corrected chi connectivity index (χ1v) is 11.1. The average molecular weight is 438 g/mol. The monoisotopic (exact) mass is 438 g/mol. The molecule has 0 aromatic carbocycles. The molecule has 2 aromatic rings. The first-order chi connectivity index (χ1) is 15.5. The lowest BCUT2D eigenvalue weighted by Gasteiger charge is -2.34. The van der Waals surface area contributed by atoms with Gasteiger partial charge in [-0.25, -0.2) is 19.7 Å². The van der Waals surface area contributed by atoms with Gasteiger partial charge in [-0.2, -0.15) is 4.98 Å². The Morgan fingerprint density at radius 2 is 1.91 bits per heavy atom. The van der Waals surface area contributed by atoms with Crippen LogP contribution in [0.3, 0.4) is 0 Å². The van der Waals surface area contributed by atoms with E-state index in [-0.39, 0.29) is 12.0 Å². The first kappa shape index (κ1) is 19.5. The molecule has 2 aromatic heterocycles. The number of morpholine rings is 1. The number of ether oxygens (including phenoxy) is 1. The normalized spacial score (nSPS) is 28.6. The van der Waals surface area contributed by atoms with Crippen LogP contribution in [0.5, 0.6) is 0 Å². The van der Waals surface area contributed by atoms with E-state index in [1.54, 1.807) is 12.4 Å². The van der Waals surface area contributed by atoms with Crippen molar-refractivity contribution in [2.75, 3.05) is 54.9 Å². The Bertz CT molecular complexity index is 1050. The van der Waals surface area contributed by atoms with Gasteiger partial charge in [0.25, 0.3) is 0 Å². The number of nitrogen functional groups attached to an aromatic ring is 1. The summed E-state index contributed by atoms with van der Waals surface area (Å²) in [5.74, 6) is 2.64. The number of rotatable bonds is 3. The Kier molecular flexibility index (Phi) is 4.36. The fourth-order valence-electron chi connectivity index (χ4n) is 5.52. The number of likely N-dealkylation sites (tertiary alicyclic amines) is 1. The van der Waals surface area contributed by atoms with E-state index in [1.807, 2.05) is 0 Å². The van der Waals surface area contributed by atoms with Gasteiger partial charge in [0.1, 0.15) is 5.82 Å². The van der Waals surface area contributed by atoms with Crippen LogP contribution in [0.4, 0.5) is 22.5 Å². The number of carboxylic acid groups (broad SMARTS) is 1. The van der Waals surface area contributed by atoms with E-state index in [1.165, 1.54) is 4.90 Å². The van der Waals surface area contributed by atoms with Crippen LogP contribution >= 0.6 is 0 Å². The number of hydrogen-bond donors (Lipinski definition) is 2. The van der Waals surface area contributed by atoms with E-state index in [0.717, 1.165) is 42.1 Å². The zero-order valence-corrected chi connectivity index (χ0v) is 17.9. The molecule has 11 nitrogen and oxygen atoms in total. The Balaban J connectivity index is 1.38. The van der Waals surface area contributed by atoms with Crippen molar-refractivity contribution in [3.63, 3.8) is 0 Å². The highest BCUT2D eigenvalue weighted by Gasteiger charge is 2.60. The smallest absolute Gasteiger partial charge is 0.407 e. The van der Waals surface area contributed by atoms with Crippen molar-refractivity contribution in [3.8, 4) is 11.3 Å². The Hall–Kier alpha value is -3.21. The van der Waals surface area contributed by atoms with Crippen LogP contribution in [-0.2, 0) is 11.2 Å². The first-order valence-electron chi connectivity index (χ1n) is 11.1. The minimum absolute atomic E-state index is 0.177. The summed E-state index contributed by atoms with van der Waals surface area (Å²) >= 11 is 0. The molecule has 0 bridgehead atoms. The van der Waals surface area contributed by atoms with Gasteiger partial charge in [-0.1, -0.05) is 0 Å². The molecule has 1 saturated carbocycles. The number of fused-ring (bicyclic) bond motifs is 2. The molecule has 2 saturated heterocycles. The Labute approximate surface area is 185 Å². The molecule has 4 aliphatic rings. The van der Waals surface area contributed by atoms with Gasteiger partial charge in [-0.15, -0.1) is 0 Å². The number of hydrogen-bond acceptors (Lipinski definition) is 9. The summed E-state index contributed by atoms with van der Waals surface area (Å²) in [5.41, 5.74) is 8.49. The molecule has 32 heavy (non-hydrogen) atoms. The fourth-order valence-corrected chi connectivity index (χ4v) is 5.52. The van der Waals surface area contributed by atoms with Crippen LogP contribution in [-0.4, -0.2) is 87.5 Å². The van der Waals surface area contributed by atoms with Crippen LogP contribution < -0.4 is 15.5 Å². The van der Waals surface area contributed by atoms with Crippen molar-refractivity contribution in [1.82, 2.24) is 24.8 Å². The maximum Gasteiger partial charge on any atom is 0.407 e. The highest BCUT2D eigenvalue weighted by atomic mass is 16.5. The largest absolute Gasteiger partial charge is 0.465 e. The molecule has 5 heterocycles. The minimum Gasteiger partial charge on any atom is -0.465 e. The van der Waals surface area contributed by atoms with E-state index < -0.39 is 6.09 Å². The van der Waals surface area contributed by atoms with Gasteiger partial charge in [0, 0.05) is 67.6 Å². The summed E-state index contributed by atoms with van der Waals surface area (Å²) in [6.07, 6.45) is 3.45. The molecule has 3 aliphatic heterocycles.